The molecule has 1 aliphatic heterocycles. The lowest BCUT2D eigenvalue weighted by molar-refractivity contribution is -0.145. The van der Waals surface area contributed by atoms with E-state index in [2.05, 4.69) is 10.2 Å². The molecule has 0 unspecified atom stereocenters. The van der Waals surface area contributed by atoms with Crippen LogP contribution >= 0.6 is 0 Å². The number of aryl methyl sites for hydroxylation is 1. The van der Waals surface area contributed by atoms with Gasteiger partial charge in [-0.15, -0.1) is 0 Å². The number of likely N-dealkylation sites (tertiary alicyclic amines) is 1. The fraction of sp³-hybridized carbons (Fsp3) is 0.261. The van der Waals surface area contributed by atoms with Crippen molar-refractivity contribution in [3.63, 3.8) is 0 Å². The molecule has 0 radical (unpaired) electrons. The molecule has 0 saturated carbocycles. The lowest BCUT2D eigenvalue weighted by Gasteiger charge is -2.39. The normalized spacial score (nSPS) is 15.8. The number of carbonyl (C=O) groups is 2. The number of aromatic amines is 1. The Labute approximate surface area is 169 Å². The monoisotopic (exact) mass is 389 g/mol. The first kappa shape index (κ1) is 18.9. The number of aromatic nitrogens is 2. The van der Waals surface area contributed by atoms with E-state index in [9.17, 15) is 14.7 Å². The summed E-state index contributed by atoms with van der Waals surface area (Å²) < 4.78 is 0. The van der Waals surface area contributed by atoms with Crippen molar-refractivity contribution in [1.29, 1.82) is 0 Å². The van der Waals surface area contributed by atoms with Crippen molar-refractivity contribution < 1.29 is 14.7 Å². The van der Waals surface area contributed by atoms with Crippen LogP contribution < -0.4 is 0 Å². The van der Waals surface area contributed by atoms with Gasteiger partial charge in [0.25, 0.3) is 5.91 Å². The number of carbonyl (C=O) groups excluding carboxylic acids is 1. The molecule has 2 heterocycles. The van der Waals surface area contributed by atoms with Crippen molar-refractivity contribution in [2.45, 2.75) is 25.2 Å². The molecule has 1 fully saturated rings. The average Bonchev–Trinajstić information content (AvgIpc) is 3.24. The van der Waals surface area contributed by atoms with Crippen LogP contribution in [0.25, 0.3) is 11.3 Å². The van der Waals surface area contributed by atoms with E-state index in [1.165, 1.54) is 0 Å². The minimum Gasteiger partial charge on any atom is -0.481 e. The minimum atomic E-state index is -0.945. The molecule has 2 N–H and O–H groups in total. The van der Waals surface area contributed by atoms with Crippen LogP contribution in [-0.2, 0) is 10.2 Å². The first-order valence-corrected chi connectivity index (χ1v) is 9.70. The van der Waals surface area contributed by atoms with Crippen molar-refractivity contribution >= 4 is 11.9 Å². The van der Waals surface area contributed by atoms with Gasteiger partial charge < -0.3 is 10.0 Å². The molecule has 6 nitrogen and oxygen atoms in total. The number of hydrogen-bond acceptors (Lipinski definition) is 3. The van der Waals surface area contributed by atoms with Crippen molar-refractivity contribution in [3.8, 4) is 11.3 Å². The van der Waals surface area contributed by atoms with Crippen LogP contribution in [0.5, 0.6) is 0 Å². The molecule has 1 amide bonds. The third-order valence-corrected chi connectivity index (χ3v) is 5.80. The van der Waals surface area contributed by atoms with E-state index >= 15 is 0 Å². The van der Waals surface area contributed by atoms with Crippen LogP contribution in [0, 0.1) is 6.92 Å². The summed E-state index contributed by atoms with van der Waals surface area (Å²) in [5.74, 6) is -0.984. The van der Waals surface area contributed by atoms with E-state index in [-0.39, 0.29) is 5.91 Å². The molecule has 1 aromatic heterocycles. The molecule has 0 bridgehead atoms. The van der Waals surface area contributed by atoms with E-state index in [4.69, 9.17) is 0 Å². The fourth-order valence-corrected chi connectivity index (χ4v) is 3.95. The predicted molar refractivity (Wildman–Crippen MR) is 110 cm³/mol. The second-order valence-electron chi connectivity index (χ2n) is 7.58. The van der Waals surface area contributed by atoms with E-state index in [0.29, 0.717) is 31.6 Å². The average molecular weight is 389 g/mol. The molecule has 1 aliphatic rings. The topological polar surface area (TPSA) is 86.3 Å². The maximum Gasteiger partial charge on any atom is 0.314 e. The van der Waals surface area contributed by atoms with Crippen LogP contribution in [0.4, 0.5) is 0 Å². The first-order valence-electron chi connectivity index (χ1n) is 9.70. The Morgan fingerprint density at radius 3 is 2.31 bits per heavy atom. The highest BCUT2D eigenvalue weighted by atomic mass is 16.4. The van der Waals surface area contributed by atoms with Gasteiger partial charge in [0.15, 0.2) is 0 Å². The maximum atomic E-state index is 12.9. The standard InChI is InChI=1S/C23H23N3O3/c1-16-7-9-17(10-8-16)19-15-20(25-24-19)21(27)26-13-11-23(12-14-26,22(28)29)18-5-3-2-4-6-18/h2-10,15H,11-14H2,1H3,(H,24,25)(H,28,29). The number of aliphatic carboxylic acids is 1. The van der Waals surface area contributed by atoms with Crippen LogP contribution in [-0.4, -0.2) is 45.2 Å². The summed E-state index contributed by atoms with van der Waals surface area (Å²) in [6.45, 7) is 2.80. The van der Waals surface area contributed by atoms with Gasteiger partial charge in [0.05, 0.1) is 11.1 Å². The number of rotatable bonds is 4. The Balaban J connectivity index is 1.49. The van der Waals surface area contributed by atoms with Crippen molar-refractivity contribution in [3.05, 3.63) is 77.5 Å². The van der Waals surface area contributed by atoms with E-state index in [1.807, 2.05) is 61.5 Å². The molecule has 4 rings (SSSR count). The Bertz CT molecular complexity index is 1020. The molecule has 29 heavy (non-hydrogen) atoms. The Hall–Kier alpha value is -3.41. The third-order valence-electron chi connectivity index (χ3n) is 5.80. The van der Waals surface area contributed by atoms with Gasteiger partial charge in [-0.05, 0) is 31.4 Å². The summed E-state index contributed by atoms with van der Waals surface area (Å²) >= 11 is 0. The largest absolute Gasteiger partial charge is 0.481 e. The molecular weight excluding hydrogens is 366 g/mol. The zero-order valence-corrected chi connectivity index (χ0v) is 16.3. The summed E-state index contributed by atoms with van der Waals surface area (Å²) in [5, 5.41) is 17.0. The van der Waals surface area contributed by atoms with Gasteiger partial charge in [0.1, 0.15) is 5.69 Å². The molecule has 148 valence electrons. The summed E-state index contributed by atoms with van der Waals surface area (Å²) in [6.07, 6.45) is 0.772. The highest BCUT2D eigenvalue weighted by Crippen LogP contribution is 2.36. The number of benzene rings is 2. The van der Waals surface area contributed by atoms with Gasteiger partial charge in [-0.3, -0.25) is 14.7 Å². The quantitative estimate of drug-likeness (QED) is 0.713. The number of nitrogens with one attached hydrogen (secondary N) is 1. The molecule has 6 heteroatoms. The smallest absolute Gasteiger partial charge is 0.314 e. The SMILES string of the molecule is Cc1ccc(-c2cc(C(=O)N3CCC(C(=O)O)(c4ccccc4)CC3)[nH]n2)cc1. The number of nitrogens with zero attached hydrogens (tertiary/aromatic N) is 2. The molecular formula is C23H23N3O3. The van der Waals surface area contributed by atoms with Crippen molar-refractivity contribution in [2.75, 3.05) is 13.1 Å². The molecule has 3 aromatic rings. The van der Waals surface area contributed by atoms with E-state index < -0.39 is 11.4 Å². The number of carboxylic acids is 1. The molecule has 0 spiro atoms. The third kappa shape index (κ3) is 3.53. The Kier molecular flexibility index (Phi) is 4.92. The molecule has 2 aromatic carbocycles. The number of carboxylic acid groups (broad SMARTS) is 1. The summed E-state index contributed by atoms with van der Waals surface area (Å²) in [7, 11) is 0. The Morgan fingerprint density at radius 2 is 1.69 bits per heavy atom. The summed E-state index contributed by atoms with van der Waals surface area (Å²) in [5.41, 5.74) is 3.09. The van der Waals surface area contributed by atoms with Gasteiger partial charge in [0.2, 0.25) is 0 Å². The highest BCUT2D eigenvalue weighted by molar-refractivity contribution is 5.94. The van der Waals surface area contributed by atoms with Crippen LogP contribution in [0.3, 0.4) is 0 Å². The Morgan fingerprint density at radius 1 is 1.03 bits per heavy atom. The van der Waals surface area contributed by atoms with Gasteiger partial charge in [-0.2, -0.15) is 5.10 Å². The van der Waals surface area contributed by atoms with Gasteiger partial charge in [-0.1, -0.05) is 60.2 Å². The van der Waals surface area contributed by atoms with Gasteiger partial charge in [0, 0.05) is 18.7 Å². The van der Waals surface area contributed by atoms with E-state index in [0.717, 1.165) is 22.4 Å². The second kappa shape index (κ2) is 7.54. The zero-order valence-electron chi connectivity index (χ0n) is 16.3. The number of amides is 1. The van der Waals surface area contributed by atoms with Crippen LogP contribution in [0.2, 0.25) is 0 Å². The number of piperidine rings is 1. The van der Waals surface area contributed by atoms with Gasteiger partial charge >= 0.3 is 5.97 Å². The highest BCUT2D eigenvalue weighted by Gasteiger charge is 2.44. The second-order valence-corrected chi connectivity index (χ2v) is 7.58. The number of hydrogen-bond donors (Lipinski definition) is 2. The minimum absolute atomic E-state index is 0.150. The first-order chi connectivity index (χ1) is 14.0. The lowest BCUT2D eigenvalue weighted by atomic mass is 9.73. The molecule has 0 aliphatic carbocycles. The van der Waals surface area contributed by atoms with Gasteiger partial charge in [-0.25, -0.2) is 0 Å². The summed E-state index contributed by atoms with van der Waals surface area (Å²) in [6, 6.07) is 19.0. The molecule has 1 saturated heterocycles. The van der Waals surface area contributed by atoms with Crippen molar-refractivity contribution in [1.82, 2.24) is 15.1 Å². The van der Waals surface area contributed by atoms with Crippen LogP contribution in [0.15, 0.2) is 60.7 Å². The number of H-pyrrole nitrogens is 1. The molecule has 0 atom stereocenters. The van der Waals surface area contributed by atoms with Crippen molar-refractivity contribution in [2.24, 2.45) is 0 Å². The fourth-order valence-electron chi connectivity index (χ4n) is 3.95. The predicted octanol–water partition coefficient (Wildman–Crippen LogP) is 3.64. The maximum absolute atomic E-state index is 12.9. The summed E-state index contributed by atoms with van der Waals surface area (Å²) in [4.78, 5) is 26.7. The van der Waals surface area contributed by atoms with E-state index in [1.54, 1.807) is 11.0 Å². The van der Waals surface area contributed by atoms with Crippen LogP contribution in [0.1, 0.15) is 34.5 Å². The zero-order chi connectivity index (χ0) is 20.4. The lowest BCUT2D eigenvalue weighted by Crippen LogP contribution is -2.49.